The van der Waals surface area contributed by atoms with Crippen molar-refractivity contribution in [1.82, 2.24) is 9.38 Å². The lowest BCUT2D eigenvalue weighted by atomic mass is 9.78. The Morgan fingerprint density at radius 3 is 2.10 bits per heavy atom. The molecule has 288 valence electrons. The van der Waals surface area contributed by atoms with Gasteiger partial charge in [-0.05, 0) is 101 Å². The van der Waals surface area contributed by atoms with Gasteiger partial charge in [-0.15, -0.1) is 0 Å². The number of aryl methyl sites for hydroxylation is 1. The zero-order valence-electron chi connectivity index (χ0n) is 34.4. The number of pyridine rings is 3. The maximum Gasteiger partial charge on any atom is 0.220 e. The van der Waals surface area contributed by atoms with Crippen LogP contribution in [0.25, 0.3) is 88.7 Å². The van der Waals surface area contributed by atoms with Crippen LogP contribution in [-0.2, 0) is 11.8 Å². The lowest BCUT2D eigenvalue weighted by molar-refractivity contribution is -0.720. The maximum absolute atomic E-state index is 5.88. The van der Waals surface area contributed by atoms with Gasteiger partial charge in [0.05, 0.1) is 28.7 Å². The van der Waals surface area contributed by atoms with Crippen LogP contribution < -0.4 is 9.13 Å². The van der Waals surface area contributed by atoms with Crippen LogP contribution in [-0.4, -0.2) is 9.38 Å². The fourth-order valence-corrected chi connectivity index (χ4v) is 10.6. The molecule has 0 saturated heterocycles. The molecule has 2 aliphatic heterocycles. The first-order chi connectivity index (χ1) is 29.3. The number of hydrogen-bond acceptors (Lipinski definition) is 1. The monoisotopic (exact) mass is 774 g/mol. The Morgan fingerprint density at radius 2 is 1.32 bits per heavy atom. The number of hydrogen-bond donors (Lipinski definition) is 0. The van der Waals surface area contributed by atoms with E-state index in [-0.39, 0.29) is 17.4 Å². The van der Waals surface area contributed by atoms with Gasteiger partial charge < -0.3 is 0 Å². The van der Waals surface area contributed by atoms with Crippen LogP contribution >= 0.6 is 0 Å². The van der Waals surface area contributed by atoms with E-state index < -0.39 is 0 Å². The van der Waals surface area contributed by atoms with Crippen molar-refractivity contribution >= 4 is 43.9 Å². The largest absolute Gasteiger partial charge is 0.293 e. The van der Waals surface area contributed by atoms with Gasteiger partial charge in [0.25, 0.3) is 0 Å². The highest BCUT2D eigenvalue weighted by atomic mass is 15.1. The van der Waals surface area contributed by atoms with Crippen molar-refractivity contribution in [2.75, 3.05) is 0 Å². The number of benzene rings is 5. The molecule has 4 nitrogen and oxygen atoms in total. The SMILES string of the molecule is C=C1CC2C(CCc3nc4c(cc3-c3cc(C(C)(C)C)cc[n+]31)c1cc(-c3ccccc3)cc3c5cc(-c6ccccc6)ccc5n4c31)c1ccccc1-c1cccc[n+]12. The normalized spacial score (nSPS) is 16.4. The predicted octanol–water partition coefficient (Wildman–Crippen LogP) is 12.9. The fraction of sp³-hybridized carbons (Fsp3) is 0.161. The van der Waals surface area contributed by atoms with Crippen molar-refractivity contribution in [3.05, 3.63) is 187 Å². The van der Waals surface area contributed by atoms with Gasteiger partial charge in [0.2, 0.25) is 11.4 Å². The summed E-state index contributed by atoms with van der Waals surface area (Å²) in [7, 11) is 0. The summed E-state index contributed by atoms with van der Waals surface area (Å²) in [4.78, 5) is 5.88. The molecular weight excluding hydrogens is 729 g/mol. The molecule has 2 atom stereocenters. The summed E-state index contributed by atoms with van der Waals surface area (Å²) < 4.78 is 7.36. The van der Waals surface area contributed by atoms with Crippen LogP contribution in [0.3, 0.4) is 0 Å². The number of fused-ring (bicyclic) bond motifs is 15. The average molecular weight is 775 g/mol. The van der Waals surface area contributed by atoms with E-state index in [1.54, 1.807) is 0 Å². The topological polar surface area (TPSA) is 25.1 Å². The van der Waals surface area contributed by atoms with Crippen LogP contribution in [0.15, 0.2) is 171 Å². The number of aromatic nitrogens is 4. The van der Waals surface area contributed by atoms with E-state index in [1.165, 1.54) is 82.8 Å². The van der Waals surface area contributed by atoms with Crippen LogP contribution in [0.1, 0.15) is 62.4 Å². The molecule has 0 radical (unpaired) electrons. The van der Waals surface area contributed by atoms with Gasteiger partial charge in [-0.1, -0.05) is 106 Å². The molecule has 0 amide bonds. The second-order valence-corrected chi connectivity index (χ2v) is 18.1. The van der Waals surface area contributed by atoms with E-state index in [0.717, 1.165) is 42.0 Å². The first-order valence-electron chi connectivity index (χ1n) is 21.4. The summed E-state index contributed by atoms with van der Waals surface area (Å²) in [5, 5.41) is 4.93. The first-order valence-corrected chi connectivity index (χ1v) is 21.4. The Balaban J connectivity index is 1.15. The summed E-state index contributed by atoms with van der Waals surface area (Å²) in [6.45, 7) is 11.8. The minimum Gasteiger partial charge on any atom is -0.293 e. The van der Waals surface area contributed by atoms with E-state index in [1.807, 2.05) is 0 Å². The second-order valence-electron chi connectivity index (χ2n) is 18.1. The third kappa shape index (κ3) is 5.26. The van der Waals surface area contributed by atoms with Gasteiger partial charge in [-0.25, -0.2) is 4.98 Å². The van der Waals surface area contributed by atoms with Crippen LogP contribution in [0.2, 0.25) is 0 Å². The molecule has 10 aromatic rings. The lowest BCUT2D eigenvalue weighted by Gasteiger charge is -2.31. The Morgan fingerprint density at radius 1 is 0.617 bits per heavy atom. The average Bonchev–Trinajstić information content (AvgIpc) is 3.79. The first kappa shape index (κ1) is 35.1. The smallest absolute Gasteiger partial charge is 0.220 e. The number of allylic oxidation sites excluding steroid dienone is 1. The quantitative estimate of drug-likeness (QED) is 0.161. The second kappa shape index (κ2) is 13.0. The Kier molecular flexibility index (Phi) is 7.63. The number of rotatable bonds is 2. The molecule has 0 saturated carbocycles. The van der Waals surface area contributed by atoms with Gasteiger partial charge in [0.15, 0.2) is 24.1 Å². The van der Waals surface area contributed by atoms with Crippen LogP contribution in [0.4, 0.5) is 0 Å². The van der Waals surface area contributed by atoms with Crippen molar-refractivity contribution < 1.29 is 9.13 Å². The van der Waals surface area contributed by atoms with Gasteiger partial charge in [0.1, 0.15) is 5.65 Å². The molecule has 0 fully saturated rings. The van der Waals surface area contributed by atoms with Crippen molar-refractivity contribution in [1.29, 1.82) is 0 Å². The van der Waals surface area contributed by atoms with Crippen LogP contribution in [0, 0.1) is 0 Å². The van der Waals surface area contributed by atoms with Crippen molar-refractivity contribution in [3.63, 3.8) is 0 Å². The van der Waals surface area contributed by atoms with E-state index in [9.17, 15) is 0 Å². The Hall–Kier alpha value is -6.91. The highest BCUT2D eigenvalue weighted by molar-refractivity contribution is 6.24. The maximum atomic E-state index is 5.88. The molecule has 5 aromatic heterocycles. The lowest BCUT2D eigenvalue weighted by Crippen LogP contribution is -2.49. The van der Waals surface area contributed by atoms with E-state index >= 15 is 0 Å². The highest BCUT2D eigenvalue weighted by Gasteiger charge is 2.42. The summed E-state index contributed by atoms with van der Waals surface area (Å²) in [5.41, 5.74) is 18.2. The van der Waals surface area contributed by atoms with Crippen molar-refractivity contribution in [3.8, 4) is 44.8 Å². The van der Waals surface area contributed by atoms with Gasteiger partial charge >= 0.3 is 0 Å². The van der Waals surface area contributed by atoms with Gasteiger partial charge in [-0.2, -0.15) is 9.13 Å². The van der Waals surface area contributed by atoms with Crippen LogP contribution in [0.5, 0.6) is 0 Å². The molecule has 12 rings (SSSR count). The minimum atomic E-state index is -0.0322. The number of nitrogens with zero attached hydrogens (tertiary/aromatic N) is 4. The molecule has 4 heteroatoms. The van der Waals surface area contributed by atoms with E-state index in [0.29, 0.717) is 0 Å². The molecule has 2 aliphatic rings. The highest BCUT2D eigenvalue weighted by Crippen LogP contribution is 2.47. The molecule has 7 heterocycles. The Labute approximate surface area is 350 Å². The third-order valence-corrected chi connectivity index (χ3v) is 13.6. The summed E-state index contributed by atoms with van der Waals surface area (Å²) in [5.74, 6) is 0.290. The van der Waals surface area contributed by atoms with Gasteiger partial charge in [-0.3, -0.25) is 4.40 Å². The molecule has 2 unspecified atom stereocenters. The molecule has 60 heavy (non-hydrogen) atoms. The molecule has 0 bridgehead atoms. The standard InChI is InChI=1S/C56H46N4/c1-35-29-52-43(41-19-11-12-20-42(41)50-21-13-14-27-59(50)52)23-24-49-48(53-33-40(56(2,3)4)26-28-58(35)53)34-47-46-32-39(37-17-9-6-10-18-37)31-45-44-30-38(36-15-7-5-8-16-36)22-25-51(44)60(54(45)46)55(47)57-49/h5-22,25-28,30-34,43,52H,1,23-24,29H2,2-4H3/q+2. The summed E-state index contributed by atoms with van der Waals surface area (Å²) >= 11 is 0. The molecule has 0 aliphatic carbocycles. The summed E-state index contributed by atoms with van der Waals surface area (Å²) in [6, 6.07) is 56.4. The molecule has 0 N–H and O–H groups in total. The zero-order valence-corrected chi connectivity index (χ0v) is 34.4. The van der Waals surface area contributed by atoms with E-state index in [4.69, 9.17) is 11.6 Å². The molecule has 0 spiro atoms. The third-order valence-electron chi connectivity index (χ3n) is 13.6. The molecule has 5 aromatic carbocycles. The fourth-order valence-electron chi connectivity index (χ4n) is 10.6. The minimum absolute atomic E-state index is 0.0322. The summed E-state index contributed by atoms with van der Waals surface area (Å²) in [6.07, 6.45) is 7.21. The molecular formula is C56H46N4+2. The van der Waals surface area contributed by atoms with E-state index in [2.05, 4.69) is 198 Å². The van der Waals surface area contributed by atoms with Gasteiger partial charge in [0, 0.05) is 57.3 Å². The van der Waals surface area contributed by atoms with Crippen molar-refractivity contribution in [2.24, 2.45) is 0 Å². The zero-order chi connectivity index (χ0) is 40.3. The predicted molar refractivity (Wildman–Crippen MR) is 246 cm³/mol. The Bertz CT molecular complexity index is 3350. The van der Waals surface area contributed by atoms with Crippen molar-refractivity contribution in [2.45, 2.75) is 57.4 Å².